The highest BCUT2D eigenvalue weighted by Gasteiger charge is 2.36. The molecule has 3 rings (SSSR count). The third-order valence-corrected chi connectivity index (χ3v) is 5.67. The fourth-order valence-corrected chi connectivity index (χ4v) is 3.94. The number of esters is 1. The number of methoxy groups -OCH3 is 1. The molecule has 2 aromatic rings. The minimum absolute atomic E-state index is 0.137. The average Bonchev–Trinajstić information content (AvgIpc) is 2.70. The van der Waals surface area contributed by atoms with Gasteiger partial charge in [0.2, 0.25) is 0 Å². The summed E-state index contributed by atoms with van der Waals surface area (Å²) in [4.78, 5) is 14.8. The Balaban J connectivity index is 2.10. The summed E-state index contributed by atoms with van der Waals surface area (Å²) >= 11 is 18.3. The number of anilines is 1. The van der Waals surface area contributed by atoms with Gasteiger partial charge in [0.1, 0.15) is 6.61 Å². The zero-order chi connectivity index (χ0) is 21.0. The number of rotatable bonds is 6. The highest BCUT2D eigenvalue weighted by Crippen LogP contribution is 2.38. The van der Waals surface area contributed by atoms with Gasteiger partial charge in [0.25, 0.3) is 0 Å². The van der Waals surface area contributed by atoms with Crippen LogP contribution in [0.5, 0.6) is 0 Å². The van der Waals surface area contributed by atoms with Gasteiger partial charge in [0, 0.05) is 18.5 Å². The monoisotopic (exact) mass is 450 g/mol. The molecule has 0 bridgehead atoms. The van der Waals surface area contributed by atoms with Gasteiger partial charge in [-0.25, -0.2) is 4.79 Å². The summed E-state index contributed by atoms with van der Waals surface area (Å²) in [5.41, 5.74) is 2.54. The van der Waals surface area contributed by atoms with Crippen LogP contribution in [-0.4, -0.2) is 31.4 Å². The predicted molar refractivity (Wildman–Crippen MR) is 119 cm³/mol. The lowest BCUT2D eigenvalue weighted by Gasteiger charge is -2.37. The van der Waals surface area contributed by atoms with E-state index in [-0.39, 0.29) is 6.61 Å². The van der Waals surface area contributed by atoms with Crippen molar-refractivity contribution in [3.8, 4) is 0 Å². The lowest BCUT2D eigenvalue weighted by molar-refractivity contribution is -0.140. The van der Waals surface area contributed by atoms with E-state index >= 15 is 0 Å². The summed E-state index contributed by atoms with van der Waals surface area (Å²) in [6.07, 6.45) is 0. The number of thiocarbonyl (C=S) groups is 1. The predicted octanol–water partition coefficient (Wildman–Crippen LogP) is 4.89. The largest absolute Gasteiger partial charge is 0.460 e. The van der Waals surface area contributed by atoms with Gasteiger partial charge in [-0.1, -0.05) is 53.5 Å². The zero-order valence-electron chi connectivity index (χ0n) is 15.9. The molecule has 0 saturated heterocycles. The molecule has 0 fully saturated rings. The fraction of sp³-hybridized carbons (Fsp3) is 0.238. The number of hydrogen-bond acceptors (Lipinski definition) is 4. The van der Waals surface area contributed by atoms with E-state index in [1.807, 2.05) is 43.3 Å². The van der Waals surface area contributed by atoms with E-state index in [9.17, 15) is 4.79 Å². The molecule has 1 aliphatic heterocycles. The van der Waals surface area contributed by atoms with Crippen LogP contribution in [0.15, 0.2) is 59.8 Å². The highest BCUT2D eigenvalue weighted by molar-refractivity contribution is 7.80. The normalized spacial score (nSPS) is 16.6. The van der Waals surface area contributed by atoms with Crippen LogP contribution >= 0.6 is 35.4 Å². The summed E-state index contributed by atoms with van der Waals surface area (Å²) in [6, 6.07) is 14.2. The maximum atomic E-state index is 13.0. The van der Waals surface area contributed by atoms with Crippen LogP contribution in [0.4, 0.5) is 5.69 Å². The van der Waals surface area contributed by atoms with Crippen molar-refractivity contribution >= 4 is 52.2 Å². The van der Waals surface area contributed by atoms with Gasteiger partial charge in [-0.15, -0.1) is 0 Å². The van der Waals surface area contributed by atoms with Crippen LogP contribution < -0.4 is 10.2 Å². The molecule has 0 saturated carbocycles. The van der Waals surface area contributed by atoms with Crippen LogP contribution in [0.2, 0.25) is 10.0 Å². The average molecular weight is 451 g/mol. The van der Waals surface area contributed by atoms with Crippen LogP contribution in [0.3, 0.4) is 0 Å². The number of hydrogen-bond donors (Lipinski definition) is 1. The van der Waals surface area contributed by atoms with Crippen LogP contribution in [0.1, 0.15) is 18.5 Å². The van der Waals surface area contributed by atoms with Gasteiger partial charge >= 0.3 is 5.97 Å². The lowest BCUT2D eigenvalue weighted by atomic mass is 9.94. The first-order chi connectivity index (χ1) is 14.0. The maximum Gasteiger partial charge on any atom is 0.338 e. The Morgan fingerprint density at radius 1 is 1.14 bits per heavy atom. The third kappa shape index (κ3) is 4.56. The Kier molecular flexibility index (Phi) is 7.14. The van der Waals surface area contributed by atoms with Crippen molar-refractivity contribution in [1.29, 1.82) is 0 Å². The Morgan fingerprint density at radius 2 is 1.86 bits per heavy atom. The highest BCUT2D eigenvalue weighted by atomic mass is 35.5. The van der Waals surface area contributed by atoms with Crippen molar-refractivity contribution in [1.82, 2.24) is 5.32 Å². The van der Waals surface area contributed by atoms with Crippen molar-refractivity contribution in [2.75, 3.05) is 25.2 Å². The summed E-state index contributed by atoms with van der Waals surface area (Å²) in [6.45, 7) is 2.27. The van der Waals surface area contributed by atoms with Gasteiger partial charge in [-0.3, -0.25) is 4.90 Å². The molecule has 0 spiro atoms. The van der Waals surface area contributed by atoms with Gasteiger partial charge in [0.05, 0.1) is 28.3 Å². The molecular weight excluding hydrogens is 431 g/mol. The van der Waals surface area contributed by atoms with E-state index in [4.69, 9.17) is 44.9 Å². The quantitative estimate of drug-likeness (QED) is 0.383. The number of carbonyl (C=O) groups is 1. The molecule has 0 aromatic heterocycles. The van der Waals surface area contributed by atoms with Crippen LogP contribution in [0, 0.1) is 0 Å². The SMILES string of the molecule is COCCOC(=O)C1=C(C)N(c2ccccc2)C(=S)NC1c1cccc(Cl)c1Cl. The van der Waals surface area contributed by atoms with Crippen molar-refractivity contribution in [2.24, 2.45) is 0 Å². The summed E-state index contributed by atoms with van der Waals surface area (Å²) < 4.78 is 10.4. The number of nitrogens with zero attached hydrogens (tertiary/aromatic N) is 1. The van der Waals surface area contributed by atoms with Crippen molar-refractivity contribution in [3.05, 3.63) is 75.4 Å². The second kappa shape index (κ2) is 9.59. The number of allylic oxidation sites excluding steroid dienone is 1. The third-order valence-electron chi connectivity index (χ3n) is 4.53. The van der Waals surface area contributed by atoms with Crippen LogP contribution in [-0.2, 0) is 14.3 Å². The number of carbonyl (C=O) groups excluding carboxylic acids is 1. The molecule has 1 unspecified atom stereocenters. The first kappa shape index (κ1) is 21.6. The summed E-state index contributed by atoms with van der Waals surface area (Å²) in [5, 5.41) is 4.43. The minimum Gasteiger partial charge on any atom is -0.460 e. The van der Waals surface area contributed by atoms with E-state index in [1.54, 1.807) is 24.1 Å². The first-order valence-electron chi connectivity index (χ1n) is 8.92. The van der Waals surface area contributed by atoms with Crippen LogP contribution in [0.25, 0.3) is 0 Å². The van der Waals surface area contributed by atoms with Crippen molar-refractivity contribution in [3.63, 3.8) is 0 Å². The Labute approximate surface area is 185 Å². The van der Waals surface area contributed by atoms with E-state index in [2.05, 4.69) is 5.32 Å². The second-order valence-corrected chi connectivity index (χ2v) is 7.50. The van der Waals surface area contributed by atoms with Crippen molar-refractivity contribution < 1.29 is 14.3 Å². The molecule has 29 heavy (non-hydrogen) atoms. The molecule has 8 heteroatoms. The number of ether oxygens (including phenoxy) is 2. The van der Waals surface area contributed by atoms with Gasteiger partial charge < -0.3 is 14.8 Å². The standard InChI is InChI=1S/C21H20Cl2N2O3S/c1-13-17(20(26)28-12-11-27-2)19(15-9-6-10-16(22)18(15)23)24-21(29)25(13)14-7-4-3-5-8-14/h3-10,19H,11-12H2,1-2H3,(H,24,29). The molecule has 2 aromatic carbocycles. The van der Waals surface area contributed by atoms with Gasteiger partial charge in [0.15, 0.2) is 5.11 Å². The molecule has 5 nitrogen and oxygen atoms in total. The lowest BCUT2D eigenvalue weighted by Crippen LogP contribution is -2.48. The smallest absolute Gasteiger partial charge is 0.338 e. The van der Waals surface area contributed by atoms with Gasteiger partial charge in [-0.2, -0.15) is 0 Å². The maximum absolute atomic E-state index is 13.0. The first-order valence-corrected chi connectivity index (χ1v) is 10.1. The summed E-state index contributed by atoms with van der Waals surface area (Å²) in [7, 11) is 1.55. The molecule has 0 radical (unpaired) electrons. The van der Waals surface area contributed by atoms with E-state index in [0.717, 1.165) is 5.69 Å². The molecular formula is C21H20Cl2N2O3S. The molecule has 1 N–H and O–H groups in total. The molecule has 1 heterocycles. The molecule has 0 amide bonds. The molecule has 0 aliphatic carbocycles. The Morgan fingerprint density at radius 3 is 2.55 bits per heavy atom. The molecule has 1 aliphatic rings. The molecule has 152 valence electrons. The number of halogens is 2. The van der Waals surface area contributed by atoms with Gasteiger partial charge in [-0.05, 0) is 42.9 Å². The Bertz CT molecular complexity index is 950. The van der Waals surface area contributed by atoms with Crippen molar-refractivity contribution in [2.45, 2.75) is 13.0 Å². The minimum atomic E-state index is -0.594. The summed E-state index contributed by atoms with van der Waals surface area (Å²) in [5.74, 6) is -0.475. The van der Waals surface area contributed by atoms with E-state index in [1.165, 1.54) is 0 Å². The van der Waals surface area contributed by atoms with E-state index < -0.39 is 12.0 Å². The van der Waals surface area contributed by atoms with E-state index in [0.29, 0.717) is 38.6 Å². The zero-order valence-corrected chi connectivity index (χ0v) is 18.3. The number of benzene rings is 2. The fourth-order valence-electron chi connectivity index (χ4n) is 3.17. The topological polar surface area (TPSA) is 50.8 Å². The Hall–Kier alpha value is -2.12. The number of para-hydroxylation sites is 1. The number of nitrogens with one attached hydrogen (secondary N) is 1. The molecule has 1 atom stereocenters. The second-order valence-electron chi connectivity index (χ2n) is 6.32.